The van der Waals surface area contributed by atoms with Crippen LogP contribution in [0.2, 0.25) is 0 Å². The Morgan fingerprint density at radius 1 is 1.08 bits per heavy atom. The number of hydrogen-bond donors (Lipinski definition) is 4. The van der Waals surface area contributed by atoms with Crippen LogP contribution in [0.25, 0.3) is 0 Å². The Balaban J connectivity index is 1.59. The van der Waals surface area contributed by atoms with E-state index in [2.05, 4.69) is 21.2 Å². The SMILES string of the molecule is CC[C@@H](/C=N\NC(N)=O)NC(=O)C1CCc2cccc3c2N1C(=O)[C@@H](NC(=O)c1ccccc1)CC3. The molecule has 2 aromatic rings. The average molecular weight is 491 g/mol. The van der Waals surface area contributed by atoms with Crippen LogP contribution in [-0.2, 0) is 22.4 Å². The molecule has 0 bridgehead atoms. The van der Waals surface area contributed by atoms with Crippen molar-refractivity contribution in [2.45, 2.75) is 57.2 Å². The van der Waals surface area contributed by atoms with E-state index in [9.17, 15) is 19.2 Å². The van der Waals surface area contributed by atoms with Gasteiger partial charge in [0.2, 0.25) is 11.8 Å². The van der Waals surface area contributed by atoms with Crippen LogP contribution in [-0.4, -0.2) is 48.1 Å². The first-order chi connectivity index (χ1) is 17.4. The predicted molar refractivity (Wildman–Crippen MR) is 135 cm³/mol. The third-order valence-electron chi connectivity index (χ3n) is 6.52. The molecule has 0 saturated carbocycles. The van der Waals surface area contributed by atoms with Gasteiger partial charge in [0, 0.05) is 11.8 Å². The second-order valence-electron chi connectivity index (χ2n) is 8.90. The molecule has 10 nitrogen and oxygen atoms in total. The van der Waals surface area contributed by atoms with Crippen LogP contribution in [0.4, 0.5) is 10.5 Å². The number of hydrogen-bond acceptors (Lipinski definition) is 5. The fourth-order valence-corrected chi connectivity index (χ4v) is 4.72. The topological polar surface area (TPSA) is 146 Å². The molecule has 5 amide bonds. The molecule has 0 radical (unpaired) electrons. The third-order valence-corrected chi connectivity index (χ3v) is 6.52. The lowest BCUT2D eigenvalue weighted by Crippen LogP contribution is -2.58. The quantitative estimate of drug-likeness (QED) is 0.345. The zero-order valence-corrected chi connectivity index (χ0v) is 20.1. The highest BCUT2D eigenvalue weighted by Crippen LogP contribution is 2.37. The molecule has 5 N–H and O–H groups in total. The molecule has 10 heteroatoms. The number of aryl methyl sites for hydroxylation is 2. The number of carbonyl (C=O) groups is 4. The van der Waals surface area contributed by atoms with Gasteiger partial charge < -0.3 is 16.4 Å². The Hall–Kier alpha value is -4.21. The predicted octanol–water partition coefficient (Wildman–Crippen LogP) is 1.63. The summed E-state index contributed by atoms with van der Waals surface area (Å²) in [6.07, 6.45) is 4.05. The number of carbonyl (C=O) groups excluding carboxylic acids is 4. The van der Waals surface area contributed by atoms with E-state index in [1.807, 2.05) is 31.2 Å². The molecule has 2 aliphatic heterocycles. The Morgan fingerprint density at radius 3 is 2.44 bits per heavy atom. The highest BCUT2D eigenvalue weighted by atomic mass is 16.2. The molecule has 3 atom stereocenters. The summed E-state index contributed by atoms with van der Waals surface area (Å²) in [5, 5.41) is 9.54. The number of primary amides is 1. The molecule has 0 aliphatic carbocycles. The Labute approximate surface area is 209 Å². The van der Waals surface area contributed by atoms with E-state index in [4.69, 9.17) is 5.73 Å². The fourth-order valence-electron chi connectivity index (χ4n) is 4.72. The van der Waals surface area contributed by atoms with E-state index >= 15 is 0 Å². The number of anilines is 1. The summed E-state index contributed by atoms with van der Waals surface area (Å²) in [7, 11) is 0. The van der Waals surface area contributed by atoms with E-state index in [1.54, 1.807) is 29.2 Å². The summed E-state index contributed by atoms with van der Waals surface area (Å²) in [5.41, 5.74) is 10.4. The standard InChI is InChI=1S/C26H30N6O4/c1-2-19(15-28-31-26(27)36)29-24(34)21-14-12-17-10-6-9-16-11-13-20(25(35)32(21)22(16)17)30-23(33)18-7-4-3-5-8-18/h3-10,15,19-21H,2,11-14H2,1H3,(H,29,34)(H,30,33)(H3,27,31,36)/b28-15-/t19-,20-,21?/m0/s1. The zero-order chi connectivity index (χ0) is 25.7. The number of benzene rings is 2. The molecule has 0 fully saturated rings. The van der Waals surface area contributed by atoms with E-state index < -0.39 is 24.2 Å². The first-order valence-electron chi connectivity index (χ1n) is 12.1. The van der Waals surface area contributed by atoms with Crippen molar-refractivity contribution in [3.05, 3.63) is 65.2 Å². The van der Waals surface area contributed by atoms with Crippen molar-refractivity contribution >= 4 is 35.7 Å². The number of nitrogens with two attached hydrogens (primary N) is 1. The number of nitrogens with one attached hydrogen (secondary N) is 3. The first kappa shape index (κ1) is 24.9. The number of hydrazone groups is 1. The molecule has 0 aromatic heterocycles. The van der Waals surface area contributed by atoms with Gasteiger partial charge in [-0.15, -0.1) is 0 Å². The van der Waals surface area contributed by atoms with Crippen LogP contribution in [0.5, 0.6) is 0 Å². The highest BCUT2D eigenvalue weighted by molar-refractivity contribution is 6.08. The molecule has 2 aromatic carbocycles. The Bertz CT molecular complexity index is 1180. The number of nitrogens with zero attached hydrogens (tertiary/aromatic N) is 2. The maximum Gasteiger partial charge on any atom is 0.332 e. The number of urea groups is 1. The molecule has 4 rings (SSSR count). The lowest BCUT2D eigenvalue weighted by Gasteiger charge is -2.38. The minimum atomic E-state index is -0.803. The van der Waals surface area contributed by atoms with Gasteiger partial charge >= 0.3 is 6.03 Å². The second kappa shape index (κ2) is 11.0. The molecule has 1 unspecified atom stereocenters. The summed E-state index contributed by atoms with van der Waals surface area (Å²) in [5.74, 6) is -0.957. The number of para-hydroxylation sites is 1. The molecular formula is C26H30N6O4. The van der Waals surface area contributed by atoms with Crippen LogP contribution in [0.3, 0.4) is 0 Å². The van der Waals surface area contributed by atoms with Crippen molar-refractivity contribution in [3.8, 4) is 0 Å². The Kier molecular flexibility index (Phi) is 7.62. The largest absolute Gasteiger partial charge is 0.350 e. The molecule has 0 spiro atoms. The van der Waals surface area contributed by atoms with Crippen molar-refractivity contribution in [2.75, 3.05) is 4.90 Å². The minimum Gasteiger partial charge on any atom is -0.350 e. The van der Waals surface area contributed by atoms with Gasteiger partial charge in [0.15, 0.2) is 0 Å². The van der Waals surface area contributed by atoms with Gasteiger partial charge in [0.1, 0.15) is 12.1 Å². The number of rotatable bonds is 7. The van der Waals surface area contributed by atoms with E-state index in [-0.39, 0.29) is 17.7 Å². The van der Waals surface area contributed by atoms with Gasteiger partial charge in [0.05, 0.1) is 11.7 Å². The molecule has 0 saturated heterocycles. The maximum absolute atomic E-state index is 13.9. The van der Waals surface area contributed by atoms with Gasteiger partial charge in [-0.3, -0.25) is 19.3 Å². The highest BCUT2D eigenvalue weighted by Gasteiger charge is 2.42. The van der Waals surface area contributed by atoms with Gasteiger partial charge in [-0.1, -0.05) is 43.3 Å². The monoisotopic (exact) mass is 490 g/mol. The molecule has 2 aliphatic rings. The van der Waals surface area contributed by atoms with Crippen LogP contribution in [0, 0.1) is 0 Å². The number of amides is 5. The van der Waals surface area contributed by atoms with Crippen LogP contribution < -0.4 is 26.7 Å². The van der Waals surface area contributed by atoms with Crippen LogP contribution in [0.15, 0.2) is 53.6 Å². The molecule has 36 heavy (non-hydrogen) atoms. The normalized spacial score (nSPS) is 19.7. The minimum absolute atomic E-state index is 0.303. The third kappa shape index (κ3) is 5.37. The van der Waals surface area contributed by atoms with Crippen LogP contribution >= 0.6 is 0 Å². The van der Waals surface area contributed by atoms with E-state index in [0.717, 1.165) is 16.8 Å². The van der Waals surface area contributed by atoms with Gasteiger partial charge in [-0.05, 0) is 55.4 Å². The lowest BCUT2D eigenvalue weighted by atomic mass is 9.92. The zero-order valence-electron chi connectivity index (χ0n) is 20.1. The fraction of sp³-hybridized carbons (Fsp3) is 0.346. The van der Waals surface area contributed by atoms with E-state index in [0.29, 0.717) is 37.7 Å². The van der Waals surface area contributed by atoms with Crippen molar-refractivity contribution in [3.63, 3.8) is 0 Å². The van der Waals surface area contributed by atoms with Gasteiger partial charge in [-0.2, -0.15) is 5.10 Å². The van der Waals surface area contributed by atoms with Gasteiger partial charge in [0.25, 0.3) is 5.91 Å². The lowest BCUT2D eigenvalue weighted by molar-refractivity contribution is -0.127. The second-order valence-corrected chi connectivity index (χ2v) is 8.90. The maximum atomic E-state index is 13.9. The van der Waals surface area contributed by atoms with E-state index in [1.165, 1.54) is 6.21 Å². The smallest absolute Gasteiger partial charge is 0.332 e. The summed E-state index contributed by atoms with van der Waals surface area (Å²) in [6, 6.07) is 11.9. The summed E-state index contributed by atoms with van der Waals surface area (Å²) in [6.45, 7) is 1.86. The summed E-state index contributed by atoms with van der Waals surface area (Å²) in [4.78, 5) is 52.6. The summed E-state index contributed by atoms with van der Waals surface area (Å²) >= 11 is 0. The van der Waals surface area contributed by atoms with Crippen LogP contribution in [0.1, 0.15) is 47.7 Å². The summed E-state index contributed by atoms with van der Waals surface area (Å²) < 4.78 is 0. The van der Waals surface area contributed by atoms with Crippen molar-refractivity contribution < 1.29 is 19.2 Å². The molecule has 188 valence electrons. The first-order valence-corrected chi connectivity index (χ1v) is 12.1. The Morgan fingerprint density at radius 2 is 1.78 bits per heavy atom. The van der Waals surface area contributed by atoms with Crippen molar-refractivity contribution in [2.24, 2.45) is 10.8 Å². The molecular weight excluding hydrogens is 460 g/mol. The molecule has 2 heterocycles. The van der Waals surface area contributed by atoms with Crippen molar-refractivity contribution in [1.29, 1.82) is 0 Å². The average Bonchev–Trinajstić information content (AvgIpc) is 3.02. The van der Waals surface area contributed by atoms with Crippen molar-refractivity contribution in [1.82, 2.24) is 16.1 Å². The van der Waals surface area contributed by atoms with Gasteiger partial charge in [-0.25, -0.2) is 10.2 Å².